The van der Waals surface area contributed by atoms with Gasteiger partial charge in [0.25, 0.3) is 0 Å². The molecule has 1 aromatic rings. The third-order valence-electron chi connectivity index (χ3n) is 3.77. The van der Waals surface area contributed by atoms with Crippen LogP contribution >= 0.6 is 0 Å². The molecule has 1 aliphatic heterocycles. The first kappa shape index (κ1) is 13.1. The molecule has 0 aromatic carbocycles. The Hall–Kier alpha value is -1.36. The standard InChI is InChI=1S/C13H22N4O/c1-2-3-13(4-6-14-7-5-13)12(18)16-9-11-8-15-10-17-11/h8,10,14H,2-7,9H2,1H3,(H,15,17)(H,16,18). The van der Waals surface area contributed by atoms with Gasteiger partial charge in [0, 0.05) is 6.20 Å². The van der Waals surface area contributed by atoms with Gasteiger partial charge in [0.1, 0.15) is 0 Å². The van der Waals surface area contributed by atoms with Crippen molar-refractivity contribution in [2.45, 2.75) is 39.2 Å². The van der Waals surface area contributed by atoms with Gasteiger partial charge >= 0.3 is 0 Å². The Morgan fingerprint density at radius 3 is 2.89 bits per heavy atom. The summed E-state index contributed by atoms with van der Waals surface area (Å²) in [7, 11) is 0. The molecule has 1 fully saturated rings. The number of carbonyl (C=O) groups is 1. The van der Waals surface area contributed by atoms with E-state index in [-0.39, 0.29) is 11.3 Å². The number of amides is 1. The molecule has 0 unspecified atom stereocenters. The van der Waals surface area contributed by atoms with Crippen molar-refractivity contribution in [1.82, 2.24) is 20.6 Å². The number of rotatable bonds is 5. The maximum Gasteiger partial charge on any atom is 0.226 e. The molecule has 1 aromatic heterocycles. The first-order valence-corrected chi connectivity index (χ1v) is 6.73. The second kappa shape index (κ2) is 6.00. The topological polar surface area (TPSA) is 69.8 Å². The highest BCUT2D eigenvalue weighted by Gasteiger charge is 2.38. The smallest absolute Gasteiger partial charge is 0.226 e. The van der Waals surface area contributed by atoms with Crippen molar-refractivity contribution < 1.29 is 4.79 Å². The van der Waals surface area contributed by atoms with E-state index in [2.05, 4.69) is 27.5 Å². The minimum absolute atomic E-state index is 0.167. The fraction of sp³-hybridized carbons (Fsp3) is 0.692. The van der Waals surface area contributed by atoms with E-state index in [1.165, 1.54) is 0 Å². The van der Waals surface area contributed by atoms with Gasteiger partial charge in [-0.1, -0.05) is 13.3 Å². The number of hydrogen-bond donors (Lipinski definition) is 3. The molecule has 100 valence electrons. The maximum absolute atomic E-state index is 12.4. The largest absolute Gasteiger partial charge is 0.350 e. The highest BCUT2D eigenvalue weighted by atomic mass is 16.2. The summed E-state index contributed by atoms with van der Waals surface area (Å²) in [6, 6.07) is 0. The van der Waals surface area contributed by atoms with Crippen LogP contribution in [0.3, 0.4) is 0 Å². The number of hydrogen-bond acceptors (Lipinski definition) is 3. The van der Waals surface area contributed by atoms with Crippen LogP contribution in [0.2, 0.25) is 0 Å². The molecular weight excluding hydrogens is 228 g/mol. The number of piperidine rings is 1. The van der Waals surface area contributed by atoms with E-state index in [1.54, 1.807) is 12.5 Å². The minimum Gasteiger partial charge on any atom is -0.350 e. The lowest BCUT2D eigenvalue weighted by molar-refractivity contribution is -0.133. The third kappa shape index (κ3) is 2.90. The summed E-state index contributed by atoms with van der Waals surface area (Å²) in [5, 5.41) is 6.37. The monoisotopic (exact) mass is 250 g/mol. The minimum atomic E-state index is -0.167. The molecule has 5 nitrogen and oxygen atoms in total. The summed E-state index contributed by atoms with van der Waals surface area (Å²) in [5.74, 6) is 0.195. The fourth-order valence-corrected chi connectivity index (χ4v) is 2.72. The van der Waals surface area contributed by atoms with E-state index in [1.807, 2.05) is 0 Å². The molecule has 1 amide bonds. The lowest BCUT2D eigenvalue weighted by atomic mass is 9.74. The lowest BCUT2D eigenvalue weighted by Gasteiger charge is -2.36. The maximum atomic E-state index is 12.4. The molecule has 5 heteroatoms. The van der Waals surface area contributed by atoms with Crippen LogP contribution in [0.1, 0.15) is 38.3 Å². The Balaban J connectivity index is 1.95. The average molecular weight is 250 g/mol. The van der Waals surface area contributed by atoms with Crippen molar-refractivity contribution in [3.05, 3.63) is 18.2 Å². The number of carbonyl (C=O) groups excluding carboxylic acids is 1. The van der Waals surface area contributed by atoms with Crippen LogP contribution < -0.4 is 10.6 Å². The van der Waals surface area contributed by atoms with Gasteiger partial charge in [0.05, 0.1) is 24.0 Å². The van der Waals surface area contributed by atoms with E-state index in [4.69, 9.17) is 0 Å². The van der Waals surface area contributed by atoms with Gasteiger partial charge in [0.15, 0.2) is 0 Å². The zero-order valence-electron chi connectivity index (χ0n) is 11.0. The van der Waals surface area contributed by atoms with Gasteiger partial charge in [-0.15, -0.1) is 0 Å². The number of nitrogens with zero attached hydrogens (tertiary/aromatic N) is 1. The second-order valence-electron chi connectivity index (χ2n) is 5.04. The molecule has 0 bridgehead atoms. The molecule has 2 heterocycles. The number of H-pyrrole nitrogens is 1. The van der Waals surface area contributed by atoms with Crippen LogP contribution in [0.15, 0.2) is 12.5 Å². The Morgan fingerprint density at radius 1 is 1.50 bits per heavy atom. The first-order valence-electron chi connectivity index (χ1n) is 6.73. The van der Waals surface area contributed by atoms with Crippen molar-refractivity contribution >= 4 is 5.91 Å². The van der Waals surface area contributed by atoms with Gasteiger partial charge in [0.2, 0.25) is 5.91 Å². The average Bonchev–Trinajstić information content (AvgIpc) is 2.90. The Morgan fingerprint density at radius 2 is 2.28 bits per heavy atom. The summed E-state index contributed by atoms with van der Waals surface area (Å²) in [4.78, 5) is 19.4. The van der Waals surface area contributed by atoms with Crippen molar-refractivity contribution in [3.8, 4) is 0 Å². The van der Waals surface area contributed by atoms with E-state index in [9.17, 15) is 4.79 Å². The summed E-state index contributed by atoms with van der Waals surface area (Å²) in [5.41, 5.74) is 0.781. The van der Waals surface area contributed by atoms with E-state index < -0.39 is 0 Å². The summed E-state index contributed by atoms with van der Waals surface area (Å²) < 4.78 is 0. The Labute approximate surface area is 108 Å². The molecule has 3 N–H and O–H groups in total. The Kier molecular flexibility index (Phi) is 4.36. The van der Waals surface area contributed by atoms with Crippen molar-refractivity contribution in [1.29, 1.82) is 0 Å². The predicted molar refractivity (Wildman–Crippen MR) is 69.9 cm³/mol. The van der Waals surface area contributed by atoms with E-state index >= 15 is 0 Å². The van der Waals surface area contributed by atoms with Crippen molar-refractivity contribution in [2.75, 3.05) is 13.1 Å². The van der Waals surface area contributed by atoms with Gasteiger partial charge in [-0.2, -0.15) is 0 Å². The van der Waals surface area contributed by atoms with Gasteiger partial charge in [-0.25, -0.2) is 4.98 Å². The summed E-state index contributed by atoms with van der Waals surface area (Å²) in [6.45, 7) is 4.57. The molecule has 0 atom stereocenters. The highest BCUT2D eigenvalue weighted by Crippen LogP contribution is 2.34. The molecule has 18 heavy (non-hydrogen) atoms. The van der Waals surface area contributed by atoms with Crippen LogP contribution in [-0.2, 0) is 11.3 Å². The van der Waals surface area contributed by atoms with Crippen LogP contribution in [0.25, 0.3) is 0 Å². The Bertz CT molecular complexity index is 363. The zero-order valence-corrected chi connectivity index (χ0v) is 11.0. The summed E-state index contributed by atoms with van der Waals surface area (Å²) in [6.07, 6.45) is 7.29. The molecule has 1 aliphatic rings. The fourth-order valence-electron chi connectivity index (χ4n) is 2.72. The van der Waals surface area contributed by atoms with Crippen LogP contribution in [-0.4, -0.2) is 29.0 Å². The number of aromatic nitrogens is 2. The SMILES string of the molecule is CCCC1(C(=O)NCc2cnc[nH]2)CCNCC1. The molecule has 0 spiro atoms. The van der Waals surface area contributed by atoms with Gasteiger partial charge < -0.3 is 15.6 Å². The number of imidazole rings is 1. The summed E-state index contributed by atoms with van der Waals surface area (Å²) >= 11 is 0. The quantitative estimate of drug-likeness (QED) is 0.735. The van der Waals surface area contributed by atoms with Crippen LogP contribution in [0.4, 0.5) is 0 Å². The van der Waals surface area contributed by atoms with Crippen molar-refractivity contribution in [2.24, 2.45) is 5.41 Å². The molecule has 0 aliphatic carbocycles. The predicted octanol–water partition coefficient (Wildman–Crippen LogP) is 1.20. The molecule has 0 saturated carbocycles. The third-order valence-corrected chi connectivity index (χ3v) is 3.77. The molecular formula is C13H22N4O. The molecule has 0 radical (unpaired) electrons. The van der Waals surface area contributed by atoms with Crippen molar-refractivity contribution in [3.63, 3.8) is 0 Å². The van der Waals surface area contributed by atoms with Crippen LogP contribution in [0, 0.1) is 5.41 Å². The molecule has 1 saturated heterocycles. The first-order chi connectivity index (χ1) is 8.77. The second-order valence-corrected chi connectivity index (χ2v) is 5.04. The highest BCUT2D eigenvalue weighted by molar-refractivity contribution is 5.82. The van der Waals surface area contributed by atoms with Gasteiger partial charge in [-0.3, -0.25) is 4.79 Å². The zero-order chi connectivity index (χ0) is 12.8. The normalized spacial score (nSPS) is 18.5. The van der Waals surface area contributed by atoms with Crippen LogP contribution in [0.5, 0.6) is 0 Å². The van der Waals surface area contributed by atoms with E-state index in [0.717, 1.165) is 44.5 Å². The molecule has 2 rings (SSSR count). The van der Waals surface area contributed by atoms with E-state index in [0.29, 0.717) is 6.54 Å². The lowest BCUT2D eigenvalue weighted by Crippen LogP contribution is -2.47. The number of nitrogens with one attached hydrogen (secondary N) is 3. The number of aromatic amines is 1. The van der Waals surface area contributed by atoms with Gasteiger partial charge in [-0.05, 0) is 32.4 Å².